The summed E-state index contributed by atoms with van der Waals surface area (Å²) < 4.78 is 0. The van der Waals surface area contributed by atoms with Gasteiger partial charge < -0.3 is 5.32 Å². The van der Waals surface area contributed by atoms with E-state index in [-0.39, 0.29) is 0 Å². The van der Waals surface area contributed by atoms with E-state index in [1.165, 1.54) is 24.1 Å². The minimum atomic E-state index is 0.544. The van der Waals surface area contributed by atoms with Crippen LogP contribution >= 0.6 is 11.3 Å². The van der Waals surface area contributed by atoms with Crippen LogP contribution in [0.3, 0.4) is 0 Å². The van der Waals surface area contributed by atoms with Crippen LogP contribution in [0.1, 0.15) is 57.9 Å². The lowest BCUT2D eigenvalue weighted by atomic mass is 10.0. The van der Waals surface area contributed by atoms with Crippen LogP contribution < -0.4 is 5.32 Å². The van der Waals surface area contributed by atoms with Gasteiger partial charge in [-0.3, -0.25) is 0 Å². The number of rotatable bonds is 7. The van der Waals surface area contributed by atoms with E-state index in [4.69, 9.17) is 0 Å². The monoisotopic (exact) mass is 239 g/mol. The molecule has 2 heteroatoms. The molecule has 0 saturated carbocycles. The van der Waals surface area contributed by atoms with E-state index >= 15 is 0 Å². The van der Waals surface area contributed by atoms with E-state index in [0.717, 1.165) is 5.92 Å². The molecule has 0 aliphatic heterocycles. The van der Waals surface area contributed by atoms with Gasteiger partial charge >= 0.3 is 0 Å². The Hall–Kier alpha value is -0.340. The summed E-state index contributed by atoms with van der Waals surface area (Å²) >= 11 is 1.86. The van der Waals surface area contributed by atoms with Crippen molar-refractivity contribution in [3.05, 3.63) is 22.4 Å². The molecular weight excluding hydrogens is 214 g/mol. The van der Waals surface area contributed by atoms with Gasteiger partial charge in [-0.25, -0.2) is 0 Å². The average Bonchev–Trinajstić information content (AvgIpc) is 2.76. The van der Waals surface area contributed by atoms with Gasteiger partial charge in [-0.15, -0.1) is 11.3 Å². The Bertz CT molecular complexity index is 266. The molecule has 0 aromatic carbocycles. The van der Waals surface area contributed by atoms with Crippen molar-refractivity contribution in [1.82, 2.24) is 5.32 Å². The lowest BCUT2D eigenvalue weighted by Gasteiger charge is -2.22. The topological polar surface area (TPSA) is 12.0 Å². The molecule has 0 aliphatic rings. The third-order valence-corrected chi connectivity index (χ3v) is 3.94. The molecule has 0 spiro atoms. The van der Waals surface area contributed by atoms with Crippen LogP contribution in [0.25, 0.3) is 0 Å². The predicted octanol–water partition coefficient (Wildman–Crippen LogP) is 4.61. The SMILES string of the molecule is CCC(NC(C)CCC(C)C)c1cccs1. The Kier molecular flexibility index (Phi) is 6.07. The van der Waals surface area contributed by atoms with E-state index in [1.807, 2.05) is 11.3 Å². The summed E-state index contributed by atoms with van der Waals surface area (Å²) in [7, 11) is 0. The van der Waals surface area contributed by atoms with E-state index in [2.05, 4.69) is 50.5 Å². The van der Waals surface area contributed by atoms with Gasteiger partial charge in [0.1, 0.15) is 0 Å². The molecule has 0 radical (unpaired) electrons. The van der Waals surface area contributed by atoms with Gasteiger partial charge in [0.2, 0.25) is 0 Å². The third kappa shape index (κ3) is 4.67. The third-order valence-electron chi connectivity index (χ3n) is 2.96. The highest BCUT2D eigenvalue weighted by Crippen LogP contribution is 2.22. The van der Waals surface area contributed by atoms with Gasteiger partial charge in [0.25, 0.3) is 0 Å². The van der Waals surface area contributed by atoms with Gasteiger partial charge in [-0.2, -0.15) is 0 Å². The minimum Gasteiger partial charge on any atom is -0.307 e. The van der Waals surface area contributed by atoms with Crippen LogP contribution in [-0.4, -0.2) is 6.04 Å². The maximum absolute atomic E-state index is 3.73. The Labute approximate surface area is 104 Å². The average molecular weight is 239 g/mol. The zero-order valence-electron chi connectivity index (χ0n) is 11.0. The molecule has 92 valence electrons. The van der Waals surface area contributed by atoms with Crippen molar-refractivity contribution in [3.8, 4) is 0 Å². The molecule has 1 aromatic rings. The highest BCUT2D eigenvalue weighted by molar-refractivity contribution is 7.10. The van der Waals surface area contributed by atoms with E-state index in [0.29, 0.717) is 12.1 Å². The fraction of sp³-hybridized carbons (Fsp3) is 0.714. The molecule has 0 aliphatic carbocycles. The van der Waals surface area contributed by atoms with E-state index in [1.54, 1.807) is 0 Å². The highest BCUT2D eigenvalue weighted by atomic mass is 32.1. The Morgan fingerprint density at radius 1 is 1.25 bits per heavy atom. The maximum Gasteiger partial charge on any atom is 0.0414 e. The first-order valence-corrected chi connectivity index (χ1v) is 7.30. The molecule has 0 saturated heterocycles. The molecule has 16 heavy (non-hydrogen) atoms. The lowest BCUT2D eigenvalue weighted by Crippen LogP contribution is -2.30. The van der Waals surface area contributed by atoms with E-state index < -0.39 is 0 Å². The van der Waals surface area contributed by atoms with Gasteiger partial charge in [-0.1, -0.05) is 26.8 Å². The molecule has 2 atom stereocenters. The van der Waals surface area contributed by atoms with Crippen molar-refractivity contribution in [2.24, 2.45) is 5.92 Å². The van der Waals surface area contributed by atoms with Crippen molar-refractivity contribution >= 4 is 11.3 Å². The van der Waals surface area contributed by atoms with Crippen molar-refractivity contribution in [2.75, 3.05) is 0 Å². The molecule has 1 nitrogen and oxygen atoms in total. The van der Waals surface area contributed by atoms with Crippen LogP contribution in [0, 0.1) is 5.92 Å². The minimum absolute atomic E-state index is 0.544. The molecule has 0 amide bonds. The number of hydrogen-bond donors (Lipinski definition) is 1. The highest BCUT2D eigenvalue weighted by Gasteiger charge is 2.13. The summed E-state index contributed by atoms with van der Waals surface area (Å²) in [6, 6.07) is 5.54. The van der Waals surface area contributed by atoms with Crippen molar-refractivity contribution in [2.45, 2.75) is 59.0 Å². The second-order valence-corrected chi connectivity index (χ2v) is 5.99. The molecular formula is C14H25NS. The number of thiophene rings is 1. The zero-order valence-corrected chi connectivity index (χ0v) is 11.8. The largest absolute Gasteiger partial charge is 0.307 e. The Morgan fingerprint density at radius 3 is 2.50 bits per heavy atom. The van der Waals surface area contributed by atoms with Gasteiger partial charge in [0.05, 0.1) is 0 Å². The van der Waals surface area contributed by atoms with Crippen LogP contribution in [0.5, 0.6) is 0 Å². The summed E-state index contributed by atoms with van der Waals surface area (Å²) in [5.74, 6) is 0.811. The first-order chi connectivity index (χ1) is 7.63. The predicted molar refractivity (Wildman–Crippen MR) is 74.0 cm³/mol. The maximum atomic E-state index is 3.73. The number of nitrogens with one attached hydrogen (secondary N) is 1. The normalized spacial score (nSPS) is 15.3. The standard InChI is InChI=1S/C14H25NS/c1-5-13(14-7-6-10-16-14)15-12(4)9-8-11(2)3/h6-7,10-13,15H,5,8-9H2,1-4H3. The second-order valence-electron chi connectivity index (χ2n) is 5.02. The quantitative estimate of drug-likeness (QED) is 0.732. The number of hydrogen-bond acceptors (Lipinski definition) is 2. The summed E-state index contributed by atoms with van der Waals surface area (Å²) in [6.07, 6.45) is 3.76. The Morgan fingerprint density at radius 2 is 2.00 bits per heavy atom. The first kappa shape index (κ1) is 13.7. The summed E-state index contributed by atoms with van der Waals surface area (Å²) in [5.41, 5.74) is 0. The van der Waals surface area contributed by atoms with Crippen molar-refractivity contribution < 1.29 is 0 Å². The van der Waals surface area contributed by atoms with Crippen LogP contribution in [-0.2, 0) is 0 Å². The smallest absolute Gasteiger partial charge is 0.0414 e. The van der Waals surface area contributed by atoms with Crippen molar-refractivity contribution in [1.29, 1.82) is 0 Å². The summed E-state index contributed by atoms with van der Waals surface area (Å²) in [4.78, 5) is 1.47. The summed E-state index contributed by atoms with van der Waals surface area (Å²) in [6.45, 7) is 9.15. The molecule has 1 heterocycles. The van der Waals surface area contributed by atoms with Crippen LogP contribution in [0.4, 0.5) is 0 Å². The van der Waals surface area contributed by atoms with Crippen molar-refractivity contribution in [3.63, 3.8) is 0 Å². The Balaban J connectivity index is 2.38. The first-order valence-electron chi connectivity index (χ1n) is 6.43. The molecule has 2 unspecified atom stereocenters. The van der Waals surface area contributed by atoms with Gasteiger partial charge in [-0.05, 0) is 43.6 Å². The lowest BCUT2D eigenvalue weighted by molar-refractivity contribution is 0.401. The zero-order chi connectivity index (χ0) is 12.0. The van der Waals surface area contributed by atoms with Gasteiger partial charge in [0.15, 0.2) is 0 Å². The van der Waals surface area contributed by atoms with E-state index in [9.17, 15) is 0 Å². The fourth-order valence-corrected chi connectivity index (χ4v) is 2.77. The fourth-order valence-electron chi connectivity index (χ4n) is 1.90. The second kappa shape index (κ2) is 7.08. The summed E-state index contributed by atoms with van der Waals surface area (Å²) in [5, 5.41) is 5.90. The van der Waals surface area contributed by atoms with Gasteiger partial charge in [0, 0.05) is 17.0 Å². The van der Waals surface area contributed by atoms with Crippen LogP contribution in [0.15, 0.2) is 17.5 Å². The molecule has 0 fully saturated rings. The molecule has 1 aromatic heterocycles. The van der Waals surface area contributed by atoms with Crippen LogP contribution in [0.2, 0.25) is 0 Å². The molecule has 1 N–H and O–H groups in total. The molecule has 0 bridgehead atoms. The molecule has 1 rings (SSSR count).